The molecular weight excluding hydrogens is 1140 g/mol. The van der Waals surface area contributed by atoms with Crippen LogP contribution in [0, 0.1) is 0 Å². The maximum absolute atomic E-state index is 12.8. The summed E-state index contributed by atoms with van der Waals surface area (Å²) >= 11 is 0. The van der Waals surface area contributed by atoms with Crippen molar-refractivity contribution in [3.63, 3.8) is 0 Å². The number of nitrogens with one attached hydrogen (secondary N) is 3. The predicted molar refractivity (Wildman–Crippen MR) is 304 cm³/mol. The van der Waals surface area contributed by atoms with Gasteiger partial charge in [-0.3, -0.25) is 33.1 Å². The standard InChI is InChI=1S/C19H23N7O5.C18H20N6O5.C17H18N6O4/c20-11(5-9-1-3-10(28)4-2-9)18(30)25-13-15(29)12(6-27)31-19(13)26-8-24-14-16(21)22-7-23-17(14)26;1-28-10-4-2-3-9(5-10)17(27)23-12-14(26)11(6-25)29-18(12)24-8-22-13-15(19)20-7-21-16(13)24;18-10-3-5-20-15-12(10)21-8-23(15)17-13(14(25)11(7-24)27-17)22-16(26)9-2-1-4-19-6-9/h1-4,7-8,11-13,15,19,27-29H,5-6,20H2,(H,25,30)(H2,21,22,23);2-5,7-8,11-12,14,18,25-26H,6H2,1H3,(H,23,27)(H2,19,20,21);1-6,8,11,13-14,17,24-25H,7H2,(H2,18,20)(H,22,26)/t11?,12-,13+,15?,19-;11-,12+,14?,18-;11-,13+,14?,17-/m111/s1. The second kappa shape index (κ2) is 26.3. The van der Waals surface area contributed by atoms with E-state index < -0.39 is 117 Å². The van der Waals surface area contributed by atoms with Crippen LogP contribution >= 0.6 is 0 Å². The van der Waals surface area contributed by atoms with Gasteiger partial charge in [0.25, 0.3) is 11.8 Å². The molecule has 33 nitrogen and oxygen atoms in total. The average Bonchev–Trinajstić information content (AvgIpc) is 1.94. The molecule has 3 saturated heterocycles. The molecule has 0 aliphatic carbocycles. The summed E-state index contributed by atoms with van der Waals surface area (Å²) < 4.78 is 27.1. The van der Waals surface area contributed by atoms with E-state index in [9.17, 15) is 50.1 Å². The van der Waals surface area contributed by atoms with E-state index >= 15 is 0 Å². The number of carbonyl (C=O) groups is 3. The summed E-state index contributed by atoms with van der Waals surface area (Å²) in [5.41, 5.74) is 27.9. The van der Waals surface area contributed by atoms with Gasteiger partial charge in [0.2, 0.25) is 5.91 Å². The van der Waals surface area contributed by atoms with Gasteiger partial charge in [0, 0.05) is 24.2 Å². The Morgan fingerprint density at radius 1 is 0.598 bits per heavy atom. The largest absolute Gasteiger partial charge is 0.508 e. The van der Waals surface area contributed by atoms with E-state index in [2.05, 4.69) is 60.8 Å². The van der Waals surface area contributed by atoms with E-state index in [-0.39, 0.29) is 23.8 Å². The number of fused-ring (bicyclic) bond motifs is 3. The van der Waals surface area contributed by atoms with E-state index in [0.717, 1.165) is 5.56 Å². The van der Waals surface area contributed by atoms with Gasteiger partial charge in [0.15, 0.2) is 47.3 Å². The molecule has 456 valence electrons. The molecule has 9 aromatic rings. The lowest BCUT2D eigenvalue weighted by molar-refractivity contribution is -0.124. The zero-order valence-corrected chi connectivity index (χ0v) is 46.0. The number of aromatic hydroxyl groups is 1. The van der Waals surface area contributed by atoms with Crippen LogP contribution in [0.3, 0.4) is 0 Å². The molecule has 4 unspecified atom stereocenters. The molecule has 12 rings (SSSR count). The number of aliphatic hydroxyl groups excluding tert-OH is 6. The average molecular weight is 1200 g/mol. The van der Waals surface area contributed by atoms with Gasteiger partial charge < -0.3 is 93.6 Å². The molecule has 3 amide bonds. The first-order valence-electron chi connectivity index (χ1n) is 26.8. The number of carbonyl (C=O) groups excluding carboxylic acids is 3. The number of phenolic OH excluding ortho intramolecular Hbond substituents is 1. The molecule has 7 aromatic heterocycles. The van der Waals surface area contributed by atoms with Crippen LogP contribution in [0.15, 0.2) is 117 Å². The van der Waals surface area contributed by atoms with Crippen molar-refractivity contribution >= 4 is 68.5 Å². The number of amides is 3. The molecule has 18 N–H and O–H groups in total. The fraction of sp³-hybridized carbons (Fsp3) is 0.333. The summed E-state index contributed by atoms with van der Waals surface area (Å²) in [6.45, 7) is -1.28. The highest BCUT2D eigenvalue weighted by Crippen LogP contribution is 2.35. The summed E-state index contributed by atoms with van der Waals surface area (Å²) in [7, 11) is 1.51. The van der Waals surface area contributed by atoms with Crippen LogP contribution in [0.25, 0.3) is 33.5 Å². The first kappa shape index (κ1) is 60.4. The van der Waals surface area contributed by atoms with Crippen molar-refractivity contribution in [2.24, 2.45) is 5.73 Å². The molecule has 33 heteroatoms. The maximum Gasteiger partial charge on any atom is 0.253 e. The summed E-state index contributed by atoms with van der Waals surface area (Å²) in [5.74, 6) is -0.348. The van der Waals surface area contributed by atoms with Gasteiger partial charge in [-0.2, -0.15) is 0 Å². The molecule has 3 fully saturated rings. The minimum atomic E-state index is -1.20. The van der Waals surface area contributed by atoms with E-state index in [0.29, 0.717) is 56.1 Å². The molecule has 13 atom stereocenters. The number of nitrogen functional groups attached to an aromatic ring is 3. The number of hydrogen-bond acceptors (Lipinski definition) is 27. The quantitative estimate of drug-likeness (QED) is 0.0498. The zero-order valence-electron chi connectivity index (χ0n) is 46.0. The Morgan fingerprint density at radius 3 is 1.57 bits per heavy atom. The van der Waals surface area contributed by atoms with E-state index in [1.807, 2.05) is 0 Å². The first-order valence-corrected chi connectivity index (χ1v) is 26.8. The smallest absolute Gasteiger partial charge is 0.253 e. The van der Waals surface area contributed by atoms with Gasteiger partial charge >= 0.3 is 0 Å². The Hall–Kier alpha value is -9.68. The molecule has 0 spiro atoms. The zero-order chi connectivity index (χ0) is 61.6. The van der Waals surface area contributed by atoms with Gasteiger partial charge in [-0.05, 0) is 60.5 Å². The highest BCUT2D eigenvalue weighted by atomic mass is 16.6. The monoisotopic (exact) mass is 1200 g/mol. The lowest BCUT2D eigenvalue weighted by Gasteiger charge is -2.24. The number of anilines is 3. The number of ether oxygens (including phenoxy) is 4. The van der Waals surface area contributed by atoms with Crippen LogP contribution < -0.4 is 43.6 Å². The molecule has 87 heavy (non-hydrogen) atoms. The second-order valence-electron chi connectivity index (χ2n) is 20.1. The number of aliphatic hydroxyl groups is 6. The molecular formula is C54H61N19O14. The highest BCUT2D eigenvalue weighted by molar-refractivity contribution is 5.95. The predicted octanol–water partition coefficient (Wildman–Crippen LogP) is -2.66. The van der Waals surface area contributed by atoms with Crippen molar-refractivity contribution in [1.82, 2.24) is 74.5 Å². The third-order valence-corrected chi connectivity index (χ3v) is 14.6. The van der Waals surface area contributed by atoms with Crippen LogP contribution in [0.4, 0.5) is 17.3 Å². The molecule has 3 aliphatic heterocycles. The van der Waals surface area contributed by atoms with E-state index in [4.69, 9.17) is 41.9 Å². The van der Waals surface area contributed by atoms with E-state index in [1.165, 1.54) is 67.8 Å². The van der Waals surface area contributed by atoms with Crippen LogP contribution in [-0.4, -0.2) is 200 Å². The number of aromatic nitrogens is 12. The summed E-state index contributed by atoms with van der Waals surface area (Å²) in [6.07, 6.45) is 2.87. The number of nitrogens with zero attached hydrogens (tertiary/aromatic N) is 12. The van der Waals surface area contributed by atoms with Crippen molar-refractivity contribution in [1.29, 1.82) is 0 Å². The van der Waals surface area contributed by atoms with Gasteiger partial charge in [-0.15, -0.1) is 0 Å². The third-order valence-electron chi connectivity index (χ3n) is 14.6. The lowest BCUT2D eigenvalue weighted by Crippen LogP contribution is -2.52. The SMILES string of the molecule is COc1cccc(C(=O)N[C@H]2C(O)[C@@H](CO)O[C@H]2n2cnc3c(N)ncnc32)c1.Nc1ccnc2c1ncn2[C@@H]1O[C@H](CO)C(O)[C@@H]1NC(=O)c1cccnc1.Nc1ncnc2c1ncn2[C@@H]1O[C@H](CO)C(O)[C@@H]1NC(=O)C(N)Cc1ccc(O)cc1. The number of methoxy groups -OCH3 is 1. The van der Waals surface area contributed by atoms with Gasteiger partial charge in [0.1, 0.15) is 95.5 Å². The second-order valence-corrected chi connectivity index (χ2v) is 20.1. The minimum Gasteiger partial charge on any atom is -0.508 e. The fourth-order valence-corrected chi connectivity index (χ4v) is 10.1. The Bertz CT molecular complexity index is 3860. The summed E-state index contributed by atoms with van der Waals surface area (Å²) in [4.78, 5) is 75.0. The Labute approximate surface area is 491 Å². The molecule has 10 heterocycles. The van der Waals surface area contributed by atoms with Crippen molar-refractivity contribution in [2.45, 2.75) is 85.9 Å². The number of benzene rings is 2. The summed E-state index contributed by atoms with van der Waals surface area (Å²) in [6, 6.07) is 14.3. The third kappa shape index (κ3) is 12.5. The number of imidazole rings is 3. The van der Waals surface area contributed by atoms with Crippen LogP contribution in [0.5, 0.6) is 11.5 Å². The molecule has 2 aromatic carbocycles. The number of phenols is 1. The molecule has 0 radical (unpaired) electrons. The van der Waals surface area contributed by atoms with Crippen molar-refractivity contribution in [3.05, 3.63) is 134 Å². The van der Waals surface area contributed by atoms with Gasteiger partial charge in [0.05, 0.1) is 63.2 Å². The first-order chi connectivity index (χ1) is 42.0. The lowest BCUT2D eigenvalue weighted by atomic mass is 10.0. The fourth-order valence-electron chi connectivity index (χ4n) is 10.1. The van der Waals surface area contributed by atoms with Crippen molar-refractivity contribution in [2.75, 3.05) is 44.1 Å². The highest BCUT2D eigenvalue weighted by Gasteiger charge is 2.49. The molecule has 0 saturated carbocycles. The number of hydrogen-bond donors (Lipinski definition) is 14. The van der Waals surface area contributed by atoms with Crippen LogP contribution in [0.1, 0.15) is 45.0 Å². The number of pyridine rings is 2. The Balaban J connectivity index is 0.000000145. The van der Waals surface area contributed by atoms with E-state index in [1.54, 1.807) is 69.9 Å². The molecule has 3 aliphatic rings. The van der Waals surface area contributed by atoms with Crippen LogP contribution in [0.2, 0.25) is 0 Å². The maximum atomic E-state index is 12.8. The molecule has 0 bridgehead atoms. The minimum absolute atomic E-state index is 0.114. The number of nitrogens with two attached hydrogens (primary N) is 4. The Kier molecular flexibility index (Phi) is 18.3. The van der Waals surface area contributed by atoms with Crippen molar-refractivity contribution < 1.29 is 69.1 Å². The van der Waals surface area contributed by atoms with Gasteiger partial charge in [-0.25, -0.2) is 39.9 Å². The summed E-state index contributed by atoms with van der Waals surface area (Å²) in [5, 5.41) is 78.1. The normalized spacial score (nSPS) is 24.4. The topological polar surface area (TPSA) is 501 Å². The van der Waals surface area contributed by atoms with Gasteiger partial charge in [-0.1, -0.05) is 18.2 Å². The van der Waals surface area contributed by atoms with Crippen LogP contribution in [-0.2, 0) is 25.4 Å². The van der Waals surface area contributed by atoms with Crippen molar-refractivity contribution in [3.8, 4) is 11.5 Å². The Morgan fingerprint density at radius 2 is 1.08 bits per heavy atom. The number of rotatable bonds is 15.